The summed E-state index contributed by atoms with van der Waals surface area (Å²) in [6.45, 7) is 0.510. The van der Waals surface area contributed by atoms with E-state index < -0.39 is 0 Å². The van der Waals surface area contributed by atoms with E-state index in [4.69, 9.17) is 4.74 Å². The van der Waals surface area contributed by atoms with Crippen LogP contribution >= 0.6 is 0 Å². The highest BCUT2D eigenvalue weighted by Gasteiger charge is 2.28. The van der Waals surface area contributed by atoms with Crippen LogP contribution in [-0.2, 0) is 11.3 Å². The summed E-state index contributed by atoms with van der Waals surface area (Å²) >= 11 is 0. The van der Waals surface area contributed by atoms with E-state index in [1.165, 1.54) is 6.42 Å². The summed E-state index contributed by atoms with van der Waals surface area (Å²) in [7, 11) is 5.66. The maximum atomic E-state index is 13.7. The summed E-state index contributed by atoms with van der Waals surface area (Å²) in [5.41, 5.74) is 3.58. The lowest BCUT2D eigenvalue weighted by Crippen LogP contribution is -2.41. The van der Waals surface area contributed by atoms with E-state index in [1.54, 1.807) is 7.11 Å². The zero-order valence-corrected chi connectivity index (χ0v) is 20.7. The Morgan fingerprint density at radius 2 is 1.65 bits per heavy atom. The molecule has 2 aliphatic carbocycles. The zero-order valence-electron chi connectivity index (χ0n) is 20.7. The van der Waals surface area contributed by atoms with Crippen molar-refractivity contribution in [1.29, 1.82) is 0 Å². The van der Waals surface area contributed by atoms with Crippen molar-refractivity contribution in [3.63, 3.8) is 0 Å². The van der Waals surface area contributed by atoms with Crippen molar-refractivity contribution in [3.05, 3.63) is 53.6 Å². The SMILES string of the molecule is COc1ccc(C(=O)N(Cc2cc(NC(=O)C3CCC3)ccc2N(C)C)C2CCCCC2)cc1. The van der Waals surface area contributed by atoms with E-state index in [1.807, 2.05) is 61.5 Å². The van der Waals surface area contributed by atoms with Crippen LogP contribution in [-0.4, -0.2) is 44.0 Å². The lowest BCUT2D eigenvalue weighted by Gasteiger charge is -2.35. The number of ether oxygens (including phenoxy) is 1. The van der Waals surface area contributed by atoms with Crippen molar-refractivity contribution >= 4 is 23.2 Å². The lowest BCUT2D eigenvalue weighted by atomic mass is 9.85. The molecule has 4 rings (SSSR count). The number of methoxy groups -OCH3 is 1. The molecule has 0 atom stereocenters. The van der Waals surface area contributed by atoms with Crippen molar-refractivity contribution in [1.82, 2.24) is 4.90 Å². The fourth-order valence-electron chi connectivity index (χ4n) is 4.98. The Labute approximate surface area is 203 Å². The molecule has 0 unspecified atom stereocenters. The van der Waals surface area contributed by atoms with E-state index in [9.17, 15) is 9.59 Å². The summed E-state index contributed by atoms with van der Waals surface area (Å²) < 4.78 is 5.27. The molecule has 2 fully saturated rings. The number of anilines is 2. The Bertz CT molecular complexity index is 992. The predicted molar refractivity (Wildman–Crippen MR) is 136 cm³/mol. The quantitative estimate of drug-likeness (QED) is 0.564. The number of hydrogen-bond acceptors (Lipinski definition) is 4. The molecule has 34 heavy (non-hydrogen) atoms. The van der Waals surface area contributed by atoms with Gasteiger partial charge in [-0.05, 0) is 73.7 Å². The average Bonchev–Trinajstić information content (AvgIpc) is 2.81. The van der Waals surface area contributed by atoms with Gasteiger partial charge in [0.15, 0.2) is 0 Å². The second-order valence-corrected chi connectivity index (χ2v) is 9.81. The van der Waals surface area contributed by atoms with Crippen LogP contribution in [0.5, 0.6) is 5.75 Å². The first-order chi connectivity index (χ1) is 16.5. The molecule has 182 valence electrons. The van der Waals surface area contributed by atoms with Crippen LogP contribution in [0.1, 0.15) is 67.3 Å². The monoisotopic (exact) mass is 463 g/mol. The smallest absolute Gasteiger partial charge is 0.254 e. The maximum absolute atomic E-state index is 13.7. The molecule has 2 aliphatic rings. The van der Waals surface area contributed by atoms with Gasteiger partial charge in [-0.3, -0.25) is 9.59 Å². The number of hydrogen-bond donors (Lipinski definition) is 1. The first-order valence-electron chi connectivity index (χ1n) is 12.5. The van der Waals surface area contributed by atoms with Gasteiger partial charge in [-0.2, -0.15) is 0 Å². The first-order valence-corrected chi connectivity index (χ1v) is 12.5. The Morgan fingerprint density at radius 3 is 2.24 bits per heavy atom. The Morgan fingerprint density at radius 1 is 0.941 bits per heavy atom. The van der Waals surface area contributed by atoms with Crippen molar-refractivity contribution in [2.45, 2.75) is 64.0 Å². The number of rotatable bonds is 8. The van der Waals surface area contributed by atoms with E-state index in [2.05, 4.69) is 10.2 Å². The van der Waals surface area contributed by atoms with E-state index in [-0.39, 0.29) is 23.8 Å². The molecule has 2 aromatic carbocycles. The molecule has 0 saturated heterocycles. The van der Waals surface area contributed by atoms with Gasteiger partial charge in [0.2, 0.25) is 5.91 Å². The van der Waals surface area contributed by atoms with Crippen molar-refractivity contribution in [2.75, 3.05) is 31.4 Å². The van der Waals surface area contributed by atoms with Crippen LogP contribution in [0.4, 0.5) is 11.4 Å². The van der Waals surface area contributed by atoms with E-state index in [0.717, 1.165) is 67.6 Å². The number of benzene rings is 2. The second kappa shape index (κ2) is 10.9. The van der Waals surface area contributed by atoms with Crippen LogP contribution in [0.25, 0.3) is 0 Å². The molecule has 2 aromatic rings. The molecule has 6 nitrogen and oxygen atoms in total. The summed E-state index contributed by atoms with van der Waals surface area (Å²) in [5.74, 6) is 1.02. The standard InChI is InChI=1S/C28H37N3O3/c1-30(2)26-17-14-23(29-27(32)20-8-7-9-20)18-22(26)19-31(24-10-5-4-6-11-24)28(33)21-12-15-25(34-3)16-13-21/h12-18,20,24H,4-11,19H2,1-3H3,(H,29,32). The third-order valence-electron chi connectivity index (χ3n) is 7.26. The average molecular weight is 464 g/mol. The van der Waals surface area contributed by atoms with E-state index >= 15 is 0 Å². The number of carbonyl (C=O) groups excluding carboxylic acids is 2. The van der Waals surface area contributed by atoms with Gasteiger partial charge in [0.1, 0.15) is 5.75 Å². The molecule has 0 spiro atoms. The minimum atomic E-state index is 0.0446. The normalized spacial score (nSPS) is 16.4. The molecule has 0 heterocycles. The van der Waals surface area contributed by atoms with Crippen molar-refractivity contribution in [3.8, 4) is 5.75 Å². The molecule has 0 aromatic heterocycles. The lowest BCUT2D eigenvalue weighted by molar-refractivity contribution is -0.122. The minimum Gasteiger partial charge on any atom is -0.497 e. The molecule has 0 bridgehead atoms. The van der Waals surface area contributed by atoms with Crippen LogP contribution < -0.4 is 15.0 Å². The number of carbonyl (C=O) groups is 2. The Hall–Kier alpha value is -3.02. The highest BCUT2D eigenvalue weighted by atomic mass is 16.5. The van der Waals surface area contributed by atoms with Crippen LogP contribution in [0.15, 0.2) is 42.5 Å². The number of nitrogens with zero attached hydrogens (tertiary/aromatic N) is 2. The molecule has 6 heteroatoms. The van der Waals surface area contributed by atoms with Gasteiger partial charge in [0.05, 0.1) is 7.11 Å². The van der Waals surface area contributed by atoms with Gasteiger partial charge in [-0.25, -0.2) is 0 Å². The Kier molecular flexibility index (Phi) is 7.76. The third-order valence-corrected chi connectivity index (χ3v) is 7.26. The summed E-state index contributed by atoms with van der Waals surface area (Å²) in [4.78, 5) is 30.4. The highest BCUT2D eigenvalue weighted by molar-refractivity contribution is 5.95. The van der Waals surface area contributed by atoms with Gasteiger partial charge < -0.3 is 19.9 Å². The molecular formula is C28H37N3O3. The molecule has 2 saturated carbocycles. The fraction of sp³-hybridized carbons (Fsp3) is 0.500. The Balaban J connectivity index is 1.62. The van der Waals surface area contributed by atoms with Gasteiger partial charge in [0, 0.05) is 49.5 Å². The van der Waals surface area contributed by atoms with Crippen LogP contribution in [0, 0.1) is 5.92 Å². The fourth-order valence-corrected chi connectivity index (χ4v) is 4.98. The zero-order chi connectivity index (χ0) is 24.1. The van der Waals surface area contributed by atoms with E-state index in [0.29, 0.717) is 12.1 Å². The van der Waals surface area contributed by atoms with Crippen molar-refractivity contribution in [2.24, 2.45) is 5.92 Å². The van der Waals surface area contributed by atoms with Gasteiger partial charge in [0.25, 0.3) is 5.91 Å². The molecule has 1 N–H and O–H groups in total. The third kappa shape index (κ3) is 5.54. The van der Waals surface area contributed by atoms with Gasteiger partial charge in [-0.15, -0.1) is 0 Å². The number of nitrogens with one attached hydrogen (secondary N) is 1. The second-order valence-electron chi connectivity index (χ2n) is 9.81. The minimum absolute atomic E-state index is 0.0446. The molecule has 2 amide bonds. The van der Waals surface area contributed by atoms with Crippen molar-refractivity contribution < 1.29 is 14.3 Å². The molecule has 0 aliphatic heterocycles. The summed E-state index contributed by atoms with van der Waals surface area (Å²) in [6.07, 6.45) is 8.65. The topological polar surface area (TPSA) is 61.9 Å². The highest BCUT2D eigenvalue weighted by Crippen LogP contribution is 2.32. The largest absolute Gasteiger partial charge is 0.497 e. The van der Waals surface area contributed by atoms with Gasteiger partial charge in [-0.1, -0.05) is 25.7 Å². The summed E-state index contributed by atoms with van der Waals surface area (Å²) in [6, 6.07) is 13.6. The maximum Gasteiger partial charge on any atom is 0.254 e. The van der Waals surface area contributed by atoms with Crippen LogP contribution in [0.3, 0.4) is 0 Å². The molecule has 0 radical (unpaired) electrons. The van der Waals surface area contributed by atoms with Gasteiger partial charge >= 0.3 is 0 Å². The predicted octanol–water partition coefficient (Wildman–Crippen LogP) is 5.47. The summed E-state index contributed by atoms with van der Waals surface area (Å²) in [5, 5.41) is 3.10. The first kappa shape index (κ1) is 24.1. The van der Waals surface area contributed by atoms with Crippen LogP contribution in [0.2, 0.25) is 0 Å². The number of amides is 2. The molecular weight excluding hydrogens is 426 g/mol.